The summed E-state index contributed by atoms with van der Waals surface area (Å²) in [5, 5.41) is 13.6. The number of hydrogen-bond donors (Lipinski definition) is 2. The Morgan fingerprint density at radius 3 is 2.67 bits per heavy atom. The standard InChI is InChI=1S/C23H31BN2O4/c1-22(2)23(3,4)30-24(29-22)18-8-10-21-16(12-18)7-9-19(28-21)14-26-15-20(27)17-6-5-11-25-13-17/h5-6,8,10-13,19-20,26-27H,7,9,14-15H2,1-4H3/t19-,20-/m0/s1. The van der Waals surface area contributed by atoms with Gasteiger partial charge in [-0.1, -0.05) is 18.2 Å². The lowest BCUT2D eigenvalue weighted by molar-refractivity contribution is 0.00578. The Morgan fingerprint density at radius 2 is 1.97 bits per heavy atom. The van der Waals surface area contributed by atoms with Gasteiger partial charge < -0.3 is 24.5 Å². The second kappa shape index (κ2) is 8.31. The highest BCUT2D eigenvalue weighted by atomic mass is 16.7. The van der Waals surface area contributed by atoms with Crippen LogP contribution in [0.25, 0.3) is 0 Å². The summed E-state index contributed by atoms with van der Waals surface area (Å²) in [5.41, 5.74) is 2.35. The fraction of sp³-hybridized carbons (Fsp3) is 0.522. The zero-order valence-corrected chi connectivity index (χ0v) is 18.2. The molecule has 2 aromatic rings. The summed E-state index contributed by atoms with van der Waals surface area (Å²) in [4.78, 5) is 4.05. The fourth-order valence-electron chi connectivity index (χ4n) is 3.81. The summed E-state index contributed by atoms with van der Waals surface area (Å²) >= 11 is 0. The van der Waals surface area contributed by atoms with Crippen molar-refractivity contribution in [3.8, 4) is 5.75 Å². The molecule has 1 aromatic heterocycles. The summed E-state index contributed by atoms with van der Waals surface area (Å²) in [7, 11) is -0.353. The van der Waals surface area contributed by atoms with E-state index in [1.165, 1.54) is 5.56 Å². The van der Waals surface area contributed by atoms with Crippen LogP contribution in [0.5, 0.6) is 5.75 Å². The summed E-state index contributed by atoms with van der Waals surface area (Å²) in [6, 6.07) is 9.91. The van der Waals surface area contributed by atoms with Gasteiger partial charge in [-0.05, 0) is 63.7 Å². The van der Waals surface area contributed by atoms with Crippen LogP contribution in [0.15, 0.2) is 42.7 Å². The maximum absolute atomic E-state index is 10.2. The van der Waals surface area contributed by atoms with Crippen LogP contribution in [0.2, 0.25) is 0 Å². The number of nitrogens with one attached hydrogen (secondary N) is 1. The van der Waals surface area contributed by atoms with Gasteiger partial charge in [-0.15, -0.1) is 0 Å². The Hall–Kier alpha value is -1.93. The van der Waals surface area contributed by atoms with E-state index in [1.807, 2.05) is 24.3 Å². The van der Waals surface area contributed by atoms with Crippen molar-refractivity contribution < 1.29 is 19.2 Å². The number of aryl methyl sites for hydroxylation is 1. The molecule has 30 heavy (non-hydrogen) atoms. The number of nitrogens with zero attached hydrogens (tertiary/aromatic N) is 1. The van der Waals surface area contributed by atoms with Crippen molar-refractivity contribution in [2.24, 2.45) is 0 Å². The van der Waals surface area contributed by atoms with Crippen molar-refractivity contribution >= 4 is 12.6 Å². The van der Waals surface area contributed by atoms with Gasteiger partial charge in [-0.3, -0.25) is 4.98 Å². The largest absolute Gasteiger partial charge is 0.494 e. The SMILES string of the molecule is CC1(C)OB(c2ccc3c(c2)CC[C@@H](CNC[C@H](O)c2cccnc2)O3)OC1(C)C. The van der Waals surface area contributed by atoms with Gasteiger partial charge in [0.15, 0.2) is 0 Å². The van der Waals surface area contributed by atoms with Gasteiger partial charge in [0.1, 0.15) is 11.9 Å². The van der Waals surface area contributed by atoms with Crippen molar-refractivity contribution in [2.75, 3.05) is 13.1 Å². The summed E-state index contributed by atoms with van der Waals surface area (Å²) in [5.74, 6) is 0.918. The molecule has 1 fully saturated rings. The minimum atomic E-state index is -0.572. The molecule has 1 aromatic carbocycles. The molecular formula is C23H31BN2O4. The Kier molecular flexibility index (Phi) is 5.90. The molecule has 7 heteroatoms. The van der Waals surface area contributed by atoms with Gasteiger partial charge in [0.2, 0.25) is 0 Å². The van der Waals surface area contributed by atoms with Crippen LogP contribution in [0.1, 0.15) is 51.3 Å². The van der Waals surface area contributed by atoms with Crippen molar-refractivity contribution in [1.82, 2.24) is 10.3 Å². The van der Waals surface area contributed by atoms with Gasteiger partial charge in [-0.2, -0.15) is 0 Å². The van der Waals surface area contributed by atoms with E-state index in [0.717, 1.165) is 29.6 Å². The van der Waals surface area contributed by atoms with Crippen LogP contribution < -0.4 is 15.5 Å². The quantitative estimate of drug-likeness (QED) is 0.713. The van der Waals surface area contributed by atoms with Crippen LogP contribution in [0.4, 0.5) is 0 Å². The molecule has 0 amide bonds. The number of pyridine rings is 1. The molecule has 0 bridgehead atoms. The van der Waals surface area contributed by atoms with Crippen LogP contribution in [0, 0.1) is 0 Å². The maximum Gasteiger partial charge on any atom is 0.494 e. The first-order valence-electron chi connectivity index (χ1n) is 10.7. The molecule has 2 N–H and O–H groups in total. The fourth-order valence-corrected chi connectivity index (χ4v) is 3.81. The number of hydrogen-bond acceptors (Lipinski definition) is 6. The molecule has 0 saturated carbocycles. The van der Waals surface area contributed by atoms with Crippen molar-refractivity contribution in [2.45, 2.75) is 63.9 Å². The van der Waals surface area contributed by atoms with E-state index in [1.54, 1.807) is 12.4 Å². The molecule has 2 aliphatic rings. The molecule has 0 aliphatic carbocycles. The predicted octanol–water partition coefficient (Wildman–Crippen LogP) is 2.40. The van der Waals surface area contributed by atoms with E-state index in [-0.39, 0.29) is 24.4 Å². The number of rotatable bonds is 6. The molecule has 4 rings (SSSR count). The number of aliphatic hydroxyl groups excluding tert-OH is 1. The summed E-state index contributed by atoms with van der Waals surface area (Å²) in [6.45, 7) is 9.43. The highest BCUT2D eigenvalue weighted by Crippen LogP contribution is 2.37. The van der Waals surface area contributed by atoms with E-state index in [2.05, 4.69) is 44.1 Å². The average molecular weight is 410 g/mol. The number of fused-ring (bicyclic) bond motifs is 1. The van der Waals surface area contributed by atoms with E-state index in [0.29, 0.717) is 13.1 Å². The summed E-state index contributed by atoms with van der Waals surface area (Å²) < 4.78 is 18.5. The molecule has 0 spiro atoms. The zero-order valence-electron chi connectivity index (χ0n) is 18.2. The smallest absolute Gasteiger partial charge is 0.489 e. The monoisotopic (exact) mass is 410 g/mol. The van der Waals surface area contributed by atoms with Crippen LogP contribution >= 0.6 is 0 Å². The highest BCUT2D eigenvalue weighted by Gasteiger charge is 2.51. The first kappa shape index (κ1) is 21.3. The van der Waals surface area contributed by atoms with Crippen molar-refractivity contribution in [3.63, 3.8) is 0 Å². The molecule has 2 aliphatic heterocycles. The van der Waals surface area contributed by atoms with Crippen LogP contribution in [-0.4, -0.2) is 47.6 Å². The Balaban J connectivity index is 1.32. The third kappa shape index (κ3) is 4.40. The van der Waals surface area contributed by atoms with Gasteiger partial charge in [0.25, 0.3) is 0 Å². The lowest BCUT2D eigenvalue weighted by atomic mass is 9.77. The van der Waals surface area contributed by atoms with E-state index < -0.39 is 6.10 Å². The van der Waals surface area contributed by atoms with Crippen molar-refractivity contribution in [3.05, 3.63) is 53.9 Å². The molecular weight excluding hydrogens is 379 g/mol. The van der Waals surface area contributed by atoms with E-state index in [4.69, 9.17) is 14.0 Å². The van der Waals surface area contributed by atoms with Gasteiger partial charge in [0.05, 0.1) is 17.3 Å². The number of ether oxygens (including phenoxy) is 1. The predicted molar refractivity (Wildman–Crippen MR) is 117 cm³/mol. The maximum atomic E-state index is 10.2. The minimum absolute atomic E-state index is 0.0845. The van der Waals surface area contributed by atoms with Gasteiger partial charge in [0, 0.05) is 31.0 Å². The van der Waals surface area contributed by atoms with Crippen LogP contribution in [-0.2, 0) is 15.7 Å². The first-order chi connectivity index (χ1) is 14.2. The molecule has 6 nitrogen and oxygen atoms in total. The second-order valence-corrected chi connectivity index (χ2v) is 9.19. The Bertz CT molecular complexity index is 859. The number of aliphatic hydroxyl groups is 1. The molecule has 0 radical (unpaired) electrons. The van der Waals surface area contributed by atoms with Gasteiger partial charge in [-0.25, -0.2) is 0 Å². The lowest BCUT2D eigenvalue weighted by Crippen LogP contribution is -2.41. The highest BCUT2D eigenvalue weighted by molar-refractivity contribution is 6.62. The molecule has 160 valence electrons. The number of benzene rings is 1. The van der Waals surface area contributed by atoms with E-state index >= 15 is 0 Å². The zero-order chi connectivity index (χ0) is 21.4. The van der Waals surface area contributed by atoms with Crippen molar-refractivity contribution in [1.29, 1.82) is 0 Å². The average Bonchev–Trinajstić information content (AvgIpc) is 2.95. The second-order valence-electron chi connectivity index (χ2n) is 9.19. The normalized spacial score (nSPS) is 23.0. The Morgan fingerprint density at radius 1 is 1.20 bits per heavy atom. The van der Waals surface area contributed by atoms with Gasteiger partial charge >= 0.3 is 7.12 Å². The topological polar surface area (TPSA) is 72.8 Å². The Labute approximate surface area is 179 Å². The first-order valence-corrected chi connectivity index (χ1v) is 10.7. The third-order valence-electron chi connectivity index (χ3n) is 6.42. The van der Waals surface area contributed by atoms with E-state index in [9.17, 15) is 5.11 Å². The molecule has 0 unspecified atom stereocenters. The lowest BCUT2D eigenvalue weighted by Gasteiger charge is -2.32. The third-order valence-corrected chi connectivity index (χ3v) is 6.42. The number of aromatic nitrogens is 1. The van der Waals surface area contributed by atoms with Crippen LogP contribution in [0.3, 0.4) is 0 Å². The minimum Gasteiger partial charge on any atom is -0.489 e. The summed E-state index contributed by atoms with van der Waals surface area (Å²) in [6.07, 6.45) is 4.78. The molecule has 1 saturated heterocycles. The molecule has 2 atom stereocenters. The molecule has 3 heterocycles.